The maximum absolute atomic E-state index is 11.8. The number of hydrogen-bond donors (Lipinski definition) is 1. The Hall–Kier alpha value is -1.87. The Kier molecular flexibility index (Phi) is 4.90. The molecule has 1 amide bonds. The van der Waals surface area contributed by atoms with Crippen LogP contribution in [0, 0.1) is 11.3 Å². The summed E-state index contributed by atoms with van der Waals surface area (Å²) < 4.78 is 22.0. The molecule has 1 rings (SSSR count). The number of carbonyl (C=O) groups is 1. The maximum Gasteiger partial charge on any atom is 0.224 e. The minimum atomic E-state index is -3.23. The van der Waals surface area contributed by atoms with Gasteiger partial charge in [0.1, 0.15) is 0 Å². The van der Waals surface area contributed by atoms with E-state index in [0.717, 1.165) is 11.8 Å². The molecule has 0 fully saturated rings. The number of benzene rings is 1. The second-order valence-electron chi connectivity index (χ2n) is 5.29. The molecular formula is C14H18N2O3S. The first-order valence-corrected chi connectivity index (χ1v) is 8.00. The molecule has 1 aromatic rings. The van der Waals surface area contributed by atoms with Crippen LogP contribution in [0.5, 0.6) is 0 Å². The molecule has 0 saturated heterocycles. The van der Waals surface area contributed by atoms with Crippen molar-refractivity contribution in [2.75, 3.05) is 12.8 Å². The van der Waals surface area contributed by atoms with E-state index in [2.05, 4.69) is 5.32 Å². The van der Waals surface area contributed by atoms with E-state index < -0.39 is 14.6 Å². The molecule has 0 aliphatic rings. The van der Waals surface area contributed by atoms with Crippen molar-refractivity contribution in [3.8, 4) is 6.07 Å². The third kappa shape index (κ3) is 4.35. The van der Waals surface area contributed by atoms with E-state index >= 15 is 0 Å². The van der Waals surface area contributed by atoms with Gasteiger partial charge in [0.05, 0.1) is 22.8 Å². The van der Waals surface area contributed by atoms with Crippen molar-refractivity contribution in [3.05, 3.63) is 35.4 Å². The molecule has 0 spiro atoms. The highest BCUT2D eigenvalue weighted by molar-refractivity contribution is 7.92. The lowest BCUT2D eigenvalue weighted by molar-refractivity contribution is -0.120. The van der Waals surface area contributed by atoms with Gasteiger partial charge in [-0.25, -0.2) is 8.42 Å². The molecular weight excluding hydrogens is 276 g/mol. The minimum Gasteiger partial charge on any atom is -0.354 e. The minimum absolute atomic E-state index is 0.0704. The zero-order valence-corrected chi connectivity index (χ0v) is 12.6. The van der Waals surface area contributed by atoms with Gasteiger partial charge in [0.15, 0.2) is 9.84 Å². The van der Waals surface area contributed by atoms with Crippen LogP contribution in [0.2, 0.25) is 0 Å². The maximum atomic E-state index is 11.8. The fraction of sp³-hybridized carbons (Fsp3) is 0.429. The van der Waals surface area contributed by atoms with E-state index in [0.29, 0.717) is 5.56 Å². The third-order valence-electron chi connectivity index (χ3n) is 3.16. The van der Waals surface area contributed by atoms with Gasteiger partial charge in [0, 0.05) is 12.8 Å². The highest BCUT2D eigenvalue weighted by atomic mass is 32.2. The zero-order chi connectivity index (χ0) is 15.4. The third-order valence-corrected chi connectivity index (χ3v) is 5.31. The zero-order valence-electron chi connectivity index (χ0n) is 11.8. The molecule has 6 heteroatoms. The van der Waals surface area contributed by atoms with Gasteiger partial charge in [-0.1, -0.05) is 12.1 Å². The van der Waals surface area contributed by atoms with Crippen molar-refractivity contribution in [2.45, 2.75) is 25.0 Å². The van der Waals surface area contributed by atoms with Crippen molar-refractivity contribution in [1.82, 2.24) is 5.32 Å². The van der Waals surface area contributed by atoms with Crippen LogP contribution in [0.25, 0.3) is 0 Å². The topological polar surface area (TPSA) is 87.0 Å². The van der Waals surface area contributed by atoms with Crippen LogP contribution in [0.4, 0.5) is 0 Å². The van der Waals surface area contributed by atoms with Crippen LogP contribution >= 0.6 is 0 Å². The Labute approximate surface area is 119 Å². The molecule has 0 unspecified atom stereocenters. The van der Waals surface area contributed by atoms with Crippen molar-refractivity contribution < 1.29 is 13.2 Å². The van der Waals surface area contributed by atoms with Gasteiger partial charge in [-0.2, -0.15) is 5.26 Å². The Morgan fingerprint density at radius 3 is 2.30 bits per heavy atom. The molecule has 1 N–H and O–H groups in total. The Balaban J connectivity index is 2.58. The van der Waals surface area contributed by atoms with Crippen molar-refractivity contribution >= 4 is 15.7 Å². The van der Waals surface area contributed by atoms with Crippen molar-refractivity contribution in [3.63, 3.8) is 0 Å². The average Bonchev–Trinajstić information content (AvgIpc) is 2.36. The summed E-state index contributed by atoms with van der Waals surface area (Å²) in [6.45, 7) is 3.22. The van der Waals surface area contributed by atoms with Crippen LogP contribution in [0.1, 0.15) is 25.0 Å². The molecule has 0 saturated carbocycles. The fourth-order valence-corrected chi connectivity index (χ4v) is 1.72. The number of carbonyl (C=O) groups excluding carboxylic acids is 1. The lowest BCUT2D eigenvalue weighted by atomic mass is 10.1. The summed E-state index contributed by atoms with van der Waals surface area (Å²) in [6.07, 6.45) is 1.31. The molecule has 0 bridgehead atoms. The quantitative estimate of drug-likeness (QED) is 0.879. The molecule has 0 aliphatic heterocycles. The first kappa shape index (κ1) is 16.2. The molecule has 0 atom stereocenters. The second-order valence-corrected chi connectivity index (χ2v) is 7.94. The molecule has 0 aromatic heterocycles. The molecule has 108 valence electrons. The van der Waals surface area contributed by atoms with E-state index in [4.69, 9.17) is 5.26 Å². The SMILES string of the molecule is CC(C)(CNC(=O)Cc1ccc(C#N)cc1)S(C)(=O)=O. The number of nitrogens with zero attached hydrogens (tertiary/aromatic N) is 1. The molecule has 0 radical (unpaired) electrons. The van der Waals surface area contributed by atoms with Gasteiger partial charge in [0.2, 0.25) is 5.91 Å². The fourth-order valence-electron chi connectivity index (χ4n) is 1.39. The predicted octanol–water partition coefficient (Wildman–Crippen LogP) is 1.04. The summed E-state index contributed by atoms with van der Waals surface area (Å²) in [6, 6.07) is 8.70. The van der Waals surface area contributed by atoms with E-state index in [1.165, 1.54) is 0 Å². The van der Waals surface area contributed by atoms with Crippen molar-refractivity contribution in [1.29, 1.82) is 5.26 Å². The standard InChI is InChI=1S/C14H18N2O3S/c1-14(2,20(3,18)19)10-16-13(17)8-11-4-6-12(9-15)7-5-11/h4-7H,8,10H2,1-3H3,(H,16,17). The molecule has 0 aliphatic carbocycles. The number of rotatable bonds is 5. The normalized spacial score (nSPS) is 11.7. The van der Waals surface area contributed by atoms with E-state index in [1.807, 2.05) is 6.07 Å². The molecule has 1 aromatic carbocycles. The van der Waals surface area contributed by atoms with Gasteiger partial charge in [-0.05, 0) is 31.5 Å². The largest absolute Gasteiger partial charge is 0.354 e. The number of sulfone groups is 1. The summed E-state index contributed by atoms with van der Waals surface area (Å²) in [7, 11) is -3.23. The number of amides is 1. The lowest BCUT2D eigenvalue weighted by Crippen LogP contribution is -2.44. The Morgan fingerprint density at radius 2 is 1.85 bits per heavy atom. The van der Waals surface area contributed by atoms with Gasteiger partial charge in [-0.15, -0.1) is 0 Å². The highest BCUT2D eigenvalue weighted by Gasteiger charge is 2.30. The van der Waals surface area contributed by atoms with E-state index in [1.54, 1.807) is 38.1 Å². The van der Waals surface area contributed by atoms with E-state index in [-0.39, 0.29) is 18.9 Å². The monoisotopic (exact) mass is 294 g/mol. The predicted molar refractivity (Wildman–Crippen MR) is 76.8 cm³/mol. The van der Waals surface area contributed by atoms with Gasteiger partial charge < -0.3 is 5.32 Å². The van der Waals surface area contributed by atoms with Crippen LogP contribution in [-0.4, -0.2) is 31.9 Å². The lowest BCUT2D eigenvalue weighted by Gasteiger charge is -2.22. The van der Waals surface area contributed by atoms with Crippen LogP contribution in [0.15, 0.2) is 24.3 Å². The average molecular weight is 294 g/mol. The second kappa shape index (κ2) is 6.06. The summed E-state index contributed by atoms with van der Waals surface area (Å²) in [4.78, 5) is 11.8. The summed E-state index contributed by atoms with van der Waals surface area (Å²) in [5.41, 5.74) is 1.31. The van der Waals surface area contributed by atoms with Crippen LogP contribution in [0.3, 0.4) is 0 Å². The number of nitriles is 1. The van der Waals surface area contributed by atoms with E-state index in [9.17, 15) is 13.2 Å². The summed E-state index contributed by atoms with van der Waals surface area (Å²) in [5.74, 6) is -0.244. The van der Waals surface area contributed by atoms with Crippen LogP contribution < -0.4 is 5.32 Å². The van der Waals surface area contributed by atoms with Gasteiger partial charge in [-0.3, -0.25) is 4.79 Å². The van der Waals surface area contributed by atoms with Crippen LogP contribution in [-0.2, 0) is 21.1 Å². The number of hydrogen-bond acceptors (Lipinski definition) is 4. The Bertz CT molecular complexity index is 625. The first-order valence-electron chi connectivity index (χ1n) is 6.11. The Morgan fingerprint density at radius 1 is 1.30 bits per heavy atom. The summed E-state index contributed by atoms with van der Waals surface area (Å²) in [5, 5.41) is 11.3. The molecule has 20 heavy (non-hydrogen) atoms. The van der Waals surface area contributed by atoms with Gasteiger partial charge >= 0.3 is 0 Å². The van der Waals surface area contributed by atoms with Crippen molar-refractivity contribution in [2.24, 2.45) is 0 Å². The smallest absolute Gasteiger partial charge is 0.224 e. The molecule has 5 nitrogen and oxygen atoms in total. The summed E-state index contributed by atoms with van der Waals surface area (Å²) >= 11 is 0. The van der Waals surface area contributed by atoms with Gasteiger partial charge in [0.25, 0.3) is 0 Å². The molecule has 0 heterocycles. The number of nitrogens with one attached hydrogen (secondary N) is 1. The highest BCUT2D eigenvalue weighted by Crippen LogP contribution is 2.13. The first-order chi connectivity index (χ1) is 9.15.